The highest BCUT2D eigenvalue weighted by atomic mass is 16.5. The predicted octanol–water partition coefficient (Wildman–Crippen LogP) is 2.65. The number of aromatic amines is 1. The van der Waals surface area contributed by atoms with Gasteiger partial charge in [0.15, 0.2) is 11.5 Å². The number of rotatable bonds is 5. The molecule has 0 radical (unpaired) electrons. The topological polar surface area (TPSA) is 46.3 Å². The minimum Gasteiger partial charge on any atom is -0.493 e. The van der Waals surface area contributed by atoms with Gasteiger partial charge in [0.1, 0.15) is 0 Å². The van der Waals surface area contributed by atoms with E-state index in [1.165, 1.54) is 16.5 Å². The summed E-state index contributed by atoms with van der Waals surface area (Å²) in [6, 6.07) is 2.05. The number of ether oxygens (including phenoxy) is 2. The van der Waals surface area contributed by atoms with Crippen molar-refractivity contribution in [3.63, 3.8) is 0 Å². The molecule has 4 heteroatoms. The number of hydrogen-bond donors (Lipinski definition) is 2. The van der Waals surface area contributed by atoms with Crippen molar-refractivity contribution in [2.24, 2.45) is 0 Å². The van der Waals surface area contributed by atoms with Gasteiger partial charge in [0, 0.05) is 28.7 Å². The first-order valence-corrected chi connectivity index (χ1v) is 7.38. The first kappa shape index (κ1) is 13.3. The lowest BCUT2D eigenvalue weighted by Gasteiger charge is -2.21. The van der Waals surface area contributed by atoms with Crippen LogP contribution in [-0.4, -0.2) is 31.8 Å². The van der Waals surface area contributed by atoms with E-state index in [1.807, 2.05) is 0 Å². The van der Waals surface area contributed by atoms with Crippen molar-refractivity contribution in [2.45, 2.75) is 26.2 Å². The first-order chi connectivity index (χ1) is 9.85. The third-order valence-electron chi connectivity index (χ3n) is 3.93. The Labute approximate surface area is 119 Å². The lowest BCUT2D eigenvalue weighted by molar-refractivity contribution is 0.270. The van der Waals surface area contributed by atoms with Crippen LogP contribution in [0.25, 0.3) is 10.9 Å². The molecule has 2 N–H and O–H groups in total. The Morgan fingerprint density at radius 2 is 2.35 bits per heavy atom. The summed E-state index contributed by atoms with van der Waals surface area (Å²) in [4.78, 5) is 3.38. The van der Waals surface area contributed by atoms with Gasteiger partial charge in [-0.25, -0.2) is 0 Å². The van der Waals surface area contributed by atoms with Crippen LogP contribution in [0.15, 0.2) is 12.3 Å². The van der Waals surface area contributed by atoms with Gasteiger partial charge in [-0.05, 0) is 37.9 Å². The van der Waals surface area contributed by atoms with Crippen molar-refractivity contribution in [2.75, 3.05) is 26.8 Å². The Bertz CT molecular complexity index is 604. The summed E-state index contributed by atoms with van der Waals surface area (Å²) < 4.78 is 11.3. The number of nitrogens with one attached hydrogen (secondary N) is 2. The normalized spacial score (nSPS) is 14.1. The molecule has 0 fully saturated rings. The summed E-state index contributed by atoms with van der Waals surface area (Å²) >= 11 is 0. The zero-order valence-electron chi connectivity index (χ0n) is 12.2. The van der Waals surface area contributed by atoms with Gasteiger partial charge < -0.3 is 19.8 Å². The van der Waals surface area contributed by atoms with Crippen molar-refractivity contribution in [1.82, 2.24) is 10.3 Å². The molecular weight excluding hydrogens is 252 g/mol. The molecule has 0 bridgehead atoms. The summed E-state index contributed by atoms with van der Waals surface area (Å²) in [6.45, 7) is 4.93. The standard InChI is InChI=1S/C16H22N2O2/c1-3-17-7-6-11-10-18-13-9-14(19-2)16-12(15(11)13)5-4-8-20-16/h9-10,17-18H,3-8H2,1-2H3. The van der Waals surface area contributed by atoms with E-state index in [9.17, 15) is 0 Å². The largest absolute Gasteiger partial charge is 0.493 e. The zero-order chi connectivity index (χ0) is 13.9. The zero-order valence-corrected chi connectivity index (χ0v) is 12.2. The van der Waals surface area contributed by atoms with E-state index in [-0.39, 0.29) is 0 Å². The molecule has 0 aliphatic carbocycles. The average molecular weight is 274 g/mol. The molecule has 0 saturated heterocycles. The summed E-state index contributed by atoms with van der Waals surface area (Å²) in [7, 11) is 1.70. The van der Waals surface area contributed by atoms with Crippen LogP contribution in [-0.2, 0) is 12.8 Å². The maximum absolute atomic E-state index is 5.85. The summed E-state index contributed by atoms with van der Waals surface area (Å²) in [5, 5.41) is 4.72. The fraction of sp³-hybridized carbons (Fsp3) is 0.500. The molecule has 0 amide bonds. The number of H-pyrrole nitrogens is 1. The third-order valence-corrected chi connectivity index (χ3v) is 3.93. The highest BCUT2D eigenvalue weighted by Gasteiger charge is 2.21. The van der Waals surface area contributed by atoms with Crippen LogP contribution in [0.1, 0.15) is 24.5 Å². The number of hydrogen-bond acceptors (Lipinski definition) is 3. The van der Waals surface area contributed by atoms with Crippen LogP contribution in [0.2, 0.25) is 0 Å². The molecule has 1 aromatic carbocycles. The predicted molar refractivity (Wildman–Crippen MR) is 80.9 cm³/mol. The molecule has 4 nitrogen and oxygen atoms in total. The van der Waals surface area contributed by atoms with Gasteiger partial charge in [0.05, 0.1) is 13.7 Å². The van der Waals surface area contributed by atoms with E-state index in [2.05, 4.69) is 29.5 Å². The van der Waals surface area contributed by atoms with Crippen molar-refractivity contribution < 1.29 is 9.47 Å². The SMILES string of the molecule is CCNCCc1c[nH]c2cc(OC)c3c(c12)CCCO3. The fourth-order valence-corrected chi connectivity index (χ4v) is 2.98. The molecule has 0 atom stereocenters. The lowest BCUT2D eigenvalue weighted by Crippen LogP contribution is -2.16. The van der Waals surface area contributed by atoms with Crippen LogP contribution >= 0.6 is 0 Å². The van der Waals surface area contributed by atoms with Crippen molar-refractivity contribution in [3.05, 3.63) is 23.4 Å². The second-order valence-corrected chi connectivity index (χ2v) is 5.18. The van der Waals surface area contributed by atoms with Gasteiger partial charge in [-0.1, -0.05) is 6.92 Å². The second-order valence-electron chi connectivity index (χ2n) is 5.18. The van der Waals surface area contributed by atoms with Crippen LogP contribution in [0.4, 0.5) is 0 Å². The van der Waals surface area contributed by atoms with Crippen LogP contribution in [0.3, 0.4) is 0 Å². The smallest absolute Gasteiger partial charge is 0.165 e. The third kappa shape index (κ3) is 2.24. The minimum absolute atomic E-state index is 0.784. The van der Waals surface area contributed by atoms with Gasteiger partial charge in [0.25, 0.3) is 0 Å². The van der Waals surface area contributed by atoms with E-state index in [0.717, 1.165) is 56.0 Å². The summed E-state index contributed by atoms with van der Waals surface area (Å²) in [6.07, 6.45) is 5.30. The van der Waals surface area contributed by atoms with Crippen molar-refractivity contribution in [3.8, 4) is 11.5 Å². The average Bonchev–Trinajstić information content (AvgIpc) is 2.90. The van der Waals surface area contributed by atoms with Gasteiger partial charge in [0.2, 0.25) is 0 Å². The monoisotopic (exact) mass is 274 g/mol. The van der Waals surface area contributed by atoms with E-state index in [4.69, 9.17) is 9.47 Å². The Kier molecular flexibility index (Phi) is 3.83. The van der Waals surface area contributed by atoms with Gasteiger partial charge in [-0.2, -0.15) is 0 Å². The molecule has 0 spiro atoms. The number of likely N-dealkylation sites (N-methyl/N-ethyl adjacent to an activating group) is 1. The minimum atomic E-state index is 0.784. The van der Waals surface area contributed by atoms with Crippen molar-refractivity contribution in [1.29, 1.82) is 0 Å². The van der Waals surface area contributed by atoms with Crippen LogP contribution in [0, 0.1) is 0 Å². The first-order valence-electron chi connectivity index (χ1n) is 7.38. The van der Waals surface area contributed by atoms with Gasteiger partial charge in [-0.15, -0.1) is 0 Å². The summed E-state index contributed by atoms with van der Waals surface area (Å²) in [5.41, 5.74) is 3.82. The molecule has 1 aliphatic rings. The Hall–Kier alpha value is -1.68. The number of benzene rings is 1. The highest BCUT2D eigenvalue weighted by Crippen LogP contribution is 2.41. The molecule has 2 aromatic rings. The van der Waals surface area contributed by atoms with Crippen LogP contribution < -0.4 is 14.8 Å². The molecule has 1 aliphatic heterocycles. The molecule has 0 unspecified atom stereocenters. The Morgan fingerprint density at radius 1 is 1.45 bits per heavy atom. The summed E-state index contributed by atoms with van der Waals surface area (Å²) in [5.74, 6) is 1.78. The van der Waals surface area contributed by atoms with Crippen molar-refractivity contribution >= 4 is 10.9 Å². The quantitative estimate of drug-likeness (QED) is 0.824. The number of fused-ring (bicyclic) bond motifs is 3. The van der Waals surface area contributed by atoms with E-state index < -0.39 is 0 Å². The highest BCUT2D eigenvalue weighted by molar-refractivity contribution is 5.91. The number of methoxy groups -OCH3 is 1. The van der Waals surface area contributed by atoms with E-state index >= 15 is 0 Å². The second kappa shape index (κ2) is 5.75. The number of aryl methyl sites for hydroxylation is 1. The molecule has 2 heterocycles. The fourth-order valence-electron chi connectivity index (χ4n) is 2.98. The molecule has 108 valence electrons. The molecule has 3 rings (SSSR count). The molecular formula is C16H22N2O2. The molecule has 0 saturated carbocycles. The maximum Gasteiger partial charge on any atom is 0.165 e. The Morgan fingerprint density at radius 3 is 3.15 bits per heavy atom. The van der Waals surface area contributed by atoms with E-state index in [1.54, 1.807) is 7.11 Å². The van der Waals surface area contributed by atoms with Gasteiger partial charge >= 0.3 is 0 Å². The number of aromatic nitrogens is 1. The van der Waals surface area contributed by atoms with Crippen LogP contribution in [0.5, 0.6) is 11.5 Å². The molecule has 20 heavy (non-hydrogen) atoms. The van der Waals surface area contributed by atoms with Gasteiger partial charge in [-0.3, -0.25) is 0 Å². The lowest BCUT2D eigenvalue weighted by atomic mass is 9.97. The molecule has 1 aromatic heterocycles. The van der Waals surface area contributed by atoms with E-state index in [0.29, 0.717) is 0 Å². The maximum atomic E-state index is 5.85. The Balaban J connectivity index is 2.06.